The molecule has 0 heterocycles. The van der Waals surface area contributed by atoms with Gasteiger partial charge in [0.2, 0.25) is 0 Å². The molecular weight excluding hydrogens is 1680 g/mol. The summed E-state index contributed by atoms with van der Waals surface area (Å²) in [4.78, 5) is 0. The first kappa shape index (κ1) is 194. The summed E-state index contributed by atoms with van der Waals surface area (Å²) in [6.45, 7) is 204. The van der Waals surface area contributed by atoms with E-state index in [1.165, 1.54) is 167 Å². The molecular formula is C140H260. The Morgan fingerprint density at radius 1 is 0.214 bits per heavy atom. The number of rotatable bonds is 22. The Bertz CT molecular complexity index is 3140. The van der Waals surface area contributed by atoms with Crippen LogP contribution >= 0.6 is 0 Å². The second kappa shape index (κ2) is 158. The number of aryl methyl sites for hydroxylation is 3. The summed E-state index contributed by atoms with van der Waals surface area (Å²) in [6, 6.07) is 25.2. The molecule has 0 unspecified atom stereocenters. The van der Waals surface area contributed by atoms with E-state index in [4.69, 9.17) is 0 Å². The highest BCUT2D eigenvalue weighted by Gasteiger charge is 1.97. The summed E-state index contributed by atoms with van der Waals surface area (Å²) in [7, 11) is 0. The van der Waals surface area contributed by atoms with Crippen molar-refractivity contribution in [3.8, 4) is 0 Å². The first-order chi connectivity index (χ1) is 64.4. The third-order valence-electron chi connectivity index (χ3n) is 15.2. The zero-order valence-electron chi connectivity index (χ0n) is 108. The minimum Gasteiger partial charge on any atom is -0.100 e. The van der Waals surface area contributed by atoms with E-state index in [1.54, 1.807) is 18.2 Å². The Morgan fingerprint density at radius 3 is 0.364 bits per heavy atom. The van der Waals surface area contributed by atoms with Crippen molar-refractivity contribution >= 4 is 16.7 Å². The van der Waals surface area contributed by atoms with Crippen LogP contribution in [-0.2, 0) is 0 Å². The lowest BCUT2D eigenvalue weighted by Crippen LogP contribution is -1.85. The van der Waals surface area contributed by atoms with E-state index in [1.807, 2.05) is 249 Å². The Balaban J connectivity index is -0.0000000461. The molecule has 0 aliphatic carbocycles. The van der Waals surface area contributed by atoms with E-state index in [0.717, 1.165) is 81.6 Å². The van der Waals surface area contributed by atoms with Gasteiger partial charge >= 0.3 is 0 Å². The van der Waals surface area contributed by atoms with E-state index >= 15 is 0 Å². The summed E-state index contributed by atoms with van der Waals surface area (Å²) in [5.74, 6) is 2.48. The average Bonchev–Trinajstić information content (AvgIpc) is 0.921. The average molecular weight is 1940 g/mol. The highest BCUT2D eigenvalue weighted by molar-refractivity contribution is 5.62. The van der Waals surface area contributed by atoms with Crippen LogP contribution in [0.1, 0.15) is 486 Å². The number of hydrogen-bond donors (Lipinski definition) is 0. The predicted octanol–water partition coefficient (Wildman–Crippen LogP) is 52.5. The zero-order valence-corrected chi connectivity index (χ0v) is 108. The standard InChI is InChI=1S/3C10H12.3C8H16.3C8H14.4C6H10.5C4H8.9C2H6/c3*1-8(2)10-6-4-9(3)5-7-10;3*1-7(2)5-6-8(3)4;3*1-6(2)8(5)7(3)4;1-5(2)6(3)4;3*1-4-6(3)5-2;5*1-4(2)3;9*1-2/h3*4-7H,1H2,2-3H3;3*8H,1,5-6H2,2-4H3;3*1H2,2-5H3;1,3H2,2,4H3;3*4H,1,3,5H2,2H3;5*1H2,2-3H3;9*1-2H3. The van der Waals surface area contributed by atoms with Crippen LogP contribution in [0.3, 0.4) is 0 Å². The van der Waals surface area contributed by atoms with Gasteiger partial charge < -0.3 is 0 Å². The Kier molecular flexibility index (Phi) is 219. The second-order valence-corrected chi connectivity index (χ2v) is 35.1. The van der Waals surface area contributed by atoms with Gasteiger partial charge in [0.1, 0.15) is 0 Å². The second-order valence-electron chi connectivity index (χ2n) is 35.1. The van der Waals surface area contributed by atoms with Crippen molar-refractivity contribution in [1.82, 2.24) is 0 Å². The summed E-state index contributed by atoms with van der Waals surface area (Å²) < 4.78 is 0. The molecule has 0 fully saturated rings. The van der Waals surface area contributed by atoms with Gasteiger partial charge in [-0.25, -0.2) is 0 Å². The molecule has 0 spiro atoms. The molecule has 0 heteroatoms. The first-order valence-electron chi connectivity index (χ1n) is 52.7. The molecule has 0 aromatic heterocycles. The number of allylic oxidation sites excluding steroid dienone is 28. The van der Waals surface area contributed by atoms with Crippen molar-refractivity contribution in [3.05, 3.63) is 392 Å². The number of benzene rings is 3. The quantitative estimate of drug-likeness (QED) is 0.0695. The minimum atomic E-state index is 0.826. The zero-order chi connectivity index (χ0) is 119. The molecule has 3 rings (SSSR count). The van der Waals surface area contributed by atoms with Crippen molar-refractivity contribution in [2.45, 2.75) is 473 Å². The third kappa shape index (κ3) is 273. The van der Waals surface area contributed by atoms with Crippen molar-refractivity contribution in [2.75, 3.05) is 0 Å². The summed E-state index contributed by atoms with van der Waals surface area (Å²) in [5, 5.41) is 0. The third-order valence-corrected chi connectivity index (χ3v) is 15.2. The molecule has 820 valence electrons. The van der Waals surface area contributed by atoms with Gasteiger partial charge in [0, 0.05) is 0 Å². The largest absolute Gasteiger partial charge is 0.100 e. The van der Waals surface area contributed by atoms with E-state index < -0.39 is 0 Å². The molecule has 3 aromatic carbocycles. The Labute approximate surface area is 893 Å². The van der Waals surface area contributed by atoms with Crippen LogP contribution in [0.4, 0.5) is 0 Å². The molecule has 0 atom stereocenters. The lowest BCUT2D eigenvalue weighted by atomic mass is 10.1. The minimum absolute atomic E-state index is 0.826. The van der Waals surface area contributed by atoms with Crippen LogP contribution < -0.4 is 0 Å². The van der Waals surface area contributed by atoms with Crippen LogP contribution in [0, 0.1) is 38.5 Å². The van der Waals surface area contributed by atoms with E-state index in [9.17, 15) is 0 Å². The summed E-state index contributed by atoms with van der Waals surface area (Å²) in [5.41, 5.74) is 37.7. The van der Waals surface area contributed by atoms with Crippen LogP contribution in [0.25, 0.3) is 16.7 Å². The molecule has 0 aliphatic rings. The van der Waals surface area contributed by atoms with Gasteiger partial charge in [-0.3, -0.25) is 0 Å². The normalized spacial score (nSPS) is 7.79. The molecule has 0 saturated carbocycles. The van der Waals surface area contributed by atoms with Gasteiger partial charge in [-0.2, -0.15) is 0 Å². The number of hydrogen-bond acceptors (Lipinski definition) is 0. The van der Waals surface area contributed by atoms with Crippen molar-refractivity contribution < 1.29 is 0 Å². The predicted molar refractivity (Wildman–Crippen MR) is 694 cm³/mol. The molecule has 0 saturated heterocycles. The van der Waals surface area contributed by atoms with E-state index in [0.29, 0.717) is 0 Å². The van der Waals surface area contributed by atoms with Gasteiger partial charge in [0.15, 0.2) is 0 Å². The molecule has 0 bridgehead atoms. The van der Waals surface area contributed by atoms with Crippen molar-refractivity contribution in [3.63, 3.8) is 0 Å². The fourth-order valence-electron chi connectivity index (χ4n) is 5.83. The smallest absolute Gasteiger partial charge is 0.0233 e. The molecule has 0 aliphatic heterocycles. The topological polar surface area (TPSA) is 0 Å². The van der Waals surface area contributed by atoms with Gasteiger partial charge in [-0.1, -0.05) is 526 Å². The summed E-state index contributed by atoms with van der Waals surface area (Å²) in [6.07, 6.45) is 15.8. The molecule has 0 radical (unpaired) electrons. The monoisotopic (exact) mass is 1940 g/mol. The molecule has 0 amide bonds. The molecule has 140 heavy (non-hydrogen) atoms. The fourth-order valence-corrected chi connectivity index (χ4v) is 5.83. The van der Waals surface area contributed by atoms with E-state index in [-0.39, 0.29) is 0 Å². The molecule has 0 nitrogen and oxygen atoms in total. The lowest BCUT2D eigenvalue weighted by Gasteiger charge is -2.01. The maximum Gasteiger partial charge on any atom is -0.0233 e. The highest BCUT2D eigenvalue weighted by atomic mass is 14.0. The summed E-state index contributed by atoms with van der Waals surface area (Å²) >= 11 is 0. The highest BCUT2D eigenvalue weighted by Crippen LogP contribution is 2.17. The Morgan fingerprint density at radius 2 is 0.329 bits per heavy atom. The van der Waals surface area contributed by atoms with Crippen molar-refractivity contribution in [1.29, 1.82) is 0 Å². The van der Waals surface area contributed by atoms with Crippen LogP contribution in [0.15, 0.2) is 358 Å². The maximum absolute atomic E-state index is 3.86. The van der Waals surface area contributed by atoms with Gasteiger partial charge in [0.05, 0.1) is 0 Å². The van der Waals surface area contributed by atoms with Crippen LogP contribution in [0.5, 0.6) is 0 Å². The maximum atomic E-state index is 3.86. The fraction of sp³-hybridized carbons (Fsp3) is 0.514. The van der Waals surface area contributed by atoms with Gasteiger partial charge in [-0.15, -0.1) is 52.6 Å². The Hall–Kier alpha value is -8.84. The van der Waals surface area contributed by atoms with Crippen LogP contribution in [0.2, 0.25) is 0 Å². The van der Waals surface area contributed by atoms with E-state index in [2.05, 4.69) is 384 Å². The van der Waals surface area contributed by atoms with Crippen LogP contribution in [-0.4, -0.2) is 0 Å². The lowest BCUT2D eigenvalue weighted by molar-refractivity contribution is 0.585. The van der Waals surface area contributed by atoms with Crippen molar-refractivity contribution in [2.24, 2.45) is 17.8 Å². The van der Waals surface area contributed by atoms with Gasteiger partial charge in [-0.05, 0) is 321 Å². The van der Waals surface area contributed by atoms with Gasteiger partial charge in [0.25, 0.3) is 0 Å². The SMILES string of the molecule is C=C(C)C.C=C(C)C.C=C(C)C.C=C(C)C.C=C(C)C.C=C(C)C(=C)C.C=C(C)C(C)=C(C)C.C=C(C)C(C)=C(C)C.C=C(C)C(C)=C(C)C.C=C(C)CCC(C)C.C=C(C)CCC(C)C.C=C(C)CCC(C)C.C=C(C)c1ccc(C)cc1.C=C(C)c1ccc(C)cc1.C=C(C)c1ccc(C)cc1.C=CC(=C)CC.C=CC(=C)CC.C=CC(=C)CC.CC.CC.CC.CC.CC.CC.CC.CC.CC. The first-order valence-corrected chi connectivity index (χ1v) is 52.7. The molecule has 3 aromatic rings. The molecule has 0 N–H and O–H groups in total.